The summed E-state index contributed by atoms with van der Waals surface area (Å²) in [6.45, 7) is 3.00. The molecule has 0 radical (unpaired) electrons. The SMILES string of the molecule is CCCCOc1ccc(C(=O)Oc2ccccc2C(=O)OCCOc2ccccc2)cc1. The number of unbranched alkanes of at least 4 members (excludes halogenated alkanes) is 1. The summed E-state index contributed by atoms with van der Waals surface area (Å²) in [5.41, 5.74) is 0.521. The molecule has 3 aromatic rings. The average molecular weight is 434 g/mol. The van der Waals surface area contributed by atoms with Gasteiger partial charge in [0.1, 0.15) is 36.0 Å². The van der Waals surface area contributed by atoms with Gasteiger partial charge in [0, 0.05) is 0 Å². The van der Waals surface area contributed by atoms with Crippen molar-refractivity contribution >= 4 is 11.9 Å². The van der Waals surface area contributed by atoms with Crippen LogP contribution in [0.4, 0.5) is 0 Å². The molecule has 3 rings (SSSR count). The molecule has 0 bridgehead atoms. The van der Waals surface area contributed by atoms with E-state index < -0.39 is 11.9 Å². The van der Waals surface area contributed by atoms with E-state index in [2.05, 4.69) is 6.92 Å². The normalized spacial score (nSPS) is 10.3. The quantitative estimate of drug-likeness (QED) is 0.231. The molecule has 0 atom stereocenters. The van der Waals surface area contributed by atoms with E-state index in [-0.39, 0.29) is 24.5 Å². The largest absolute Gasteiger partial charge is 0.494 e. The summed E-state index contributed by atoms with van der Waals surface area (Å²) in [4.78, 5) is 25.0. The Bertz CT molecular complexity index is 998. The van der Waals surface area contributed by atoms with Gasteiger partial charge in [-0.2, -0.15) is 0 Å². The molecule has 0 unspecified atom stereocenters. The predicted molar refractivity (Wildman–Crippen MR) is 120 cm³/mol. The molecule has 0 saturated heterocycles. The van der Waals surface area contributed by atoms with Crippen LogP contribution in [-0.4, -0.2) is 31.8 Å². The zero-order chi connectivity index (χ0) is 22.6. The fourth-order valence-electron chi connectivity index (χ4n) is 2.79. The molecule has 0 aliphatic carbocycles. The lowest BCUT2D eigenvalue weighted by atomic mass is 10.2. The lowest BCUT2D eigenvalue weighted by Crippen LogP contribution is -2.15. The first-order chi connectivity index (χ1) is 15.7. The molecular formula is C26H26O6. The van der Waals surface area contributed by atoms with Crippen molar-refractivity contribution in [2.24, 2.45) is 0 Å². The van der Waals surface area contributed by atoms with Gasteiger partial charge in [0.05, 0.1) is 12.2 Å². The molecule has 0 N–H and O–H groups in total. The summed E-state index contributed by atoms with van der Waals surface area (Å²) in [6, 6.07) is 22.4. The van der Waals surface area contributed by atoms with E-state index in [1.807, 2.05) is 30.3 Å². The third-order valence-electron chi connectivity index (χ3n) is 4.49. The van der Waals surface area contributed by atoms with E-state index in [0.29, 0.717) is 23.7 Å². The van der Waals surface area contributed by atoms with Crippen LogP contribution in [0.15, 0.2) is 78.9 Å². The number of carbonyl (C=O) groups is 2. The number of benzene rings is 3. The van der Waals surface area contributed by atoms with Gasteiger partial charge in [-0.3, -0.25) is 0 Å². The summed E-state index contributed by atoms with van der Waals surface area (Å²) >= 11 is 0. The molecule has 6 nitrogen and oxygen atoms in total. The fraction of sp³-hybridized carbons (Fsp3) is 0.231. The van der Waals surface area contributed by atoms with Gasteiger partial charge in [0.25, 0.3) is 0 Å². The average Bonchev–Trinajstić information content (AvgIpc) is 2.83. The van der Waals surface area contributed by atoms with Crippen LogP contribution in [0.25, 0.3) is 0 Å². The van der Waals surface area contributed by atoms with E-state index in [9.17, 15) is 9.59 Å². The smallest absolute Gasteiger partial charge is 0.343 e. The number of esters is 2. The number of hydrogen-bond acceptors (Lipinski definition) is 6. The third-order valence-corrected chi connectivity index (χ3v) is 4.49. The zero-order valence-corrected chi connectivity index (χ0v) is 18.0. The Morgan fingerprint density at radius 1 is 0.688 bits per heavy atom. The first-order valence-corrected chi connectivity index (χ1v) is 10.6. The second-order valence-electron chi connectivity index (χ2n) is 6.91. The first kappa shape index (κ1) is 22.9. The number of carbonyl (C=O) groups excluding carboxylic acids is 2. The van der Waals surface area contributed by atoms with E-state index in [0.717, 1.165) is 12.8 Å². The molecule has 0 amide bonds. The number of ether oxygens (including phenoxy) is 4. The molecule has 0 spiro atoms. The maximum Gasteiger partial charge on any atom is 0.343 e. The van der Waals surface area contributed by atoms with Crippen LogP contribution in [0.1, 0.15) is 40.5 Å². The molecule has 0 fully saturated rings. The highest BCUT2D eigenvalue weighted by atomic mass is 16.6. The van der Waals surface area contributed by atoms with Crippen LogP contribution in [0, 0.1) is 0 Å². The molecular weight excluding hydrogens is 408 g/mol. The second-order valence-corrected chi connectivity index (χ2v) is 6.91. The summed E-state index contributed by atoms with van der Waals surface area (Å²) in [7, 11) is 0. The van der Waals surface area contributed by atoms with Gasteiger partial charge in [-0.25, -0.2) is 9.59 Å². The highest BCUT2D eigenvalue weighted by molar-refractivity contribution is 5.96. The lowest BCUT2D eigenvalue weighted by Gasteiger charge is -2.11. The number of rotatable bonds is 11. The maximum atomic E-state index is 12.5. The molecule has 0 aliphatic heterocycles. The van der Waals surface area contributed by atoms with Gasteiger partial charge in [-0.05, 0) is 55.0 Å². The monoisotopic (exact) mass is 434 g/mol. The van der Waals surface area contributed by atoms with Crippen LogP contribution in [-0.2, 0) is 4.74 Å². The van der Waals surface area contributed by atoms with Crippen molar-refractivity contribution in [3.63, 3.8) is 0 Å². The molecule has 3 aromatic carbocycles. The highest BCUT2D eigenvalue weighted by Crippen LogP contribution is 2.21. The van der Waals surface area contributed by atoms with Gasteiger partial charge < -0.3 is 18.9 Å². The second kappa shape index (κ2) is 12.2. The van der Waals surface area contributed by atoms with Crippen molar-refractivity contribution in [2.45, 2.75) is 19.8 Å². The highest BCUT2D eigenvalue weighted by Gasteiger charge is 2.17. The third kappa shape index (κ3) is 6.87. The standard InChI is InChI=1S/C26H26O6/c1-2-3-17-29-22-15-13-20(14-16-22)25(27)32-24-12-8-7-11-23(24)26(28)31-19-18-30-21-9-5-4-6-10-21/h4-16H,2-3,17-19H2,1H3. The van der Waals surface area contributed by atoms with Crippen molar-refractivity contribution < 1.29 is 28.5 Å². The van der Waals surface area contributed by atoms with Crippen LogP contribution in [0.5, 0.6) is 17.2 Å². The van der Waals surface area contributed by atoms with Crippen LogP contribution in [0.2, 0.25) is 0 Å². The zero-order valence-electron chi connectivity index (χ0n) is 18.0. The minimum atomic E-state index is -0.593. The van der Waals surface area contributed by atoms with Crippen molar-refractivity contribution in [3.05, 3.63) is 90.0 Å². The minimum Gasteiger partial charge on any atom is -0.494 e. The van der Waals surface area contributed by atoms with Crippen LogP contribution >= 0.6 is 0 Å². The molecule has 6 heteroatoms. The molecule has 32 heavy (non-hydrogen) atoms. The maximum absolute atomic E-state index is 12.5. The predicted octanol–water partition coefficient (Wildman–Crippen LogP) is 5.32. The number of hydrogen-bond donors (Lipinski definition) is 0. The van der Waals surface area contributed by atoms with Crippen LogP contribution in [0.3, 0.4) is 0 Å². The Labute approximate surface area is 187 Å². The van der Waals surface area contributed by atoms with E-state index in [1.165, 1.54) is 0 Å². The molecule has 0 aliphatic rings. The Morgan fingerprint density at radius 3 is 2.09 bits per heavy atom. The summed E-state index contributed by atoms with van der Waals surface area (Å²) < 4.78 is 21.8. The number of para-hydroxylation sites is 2. The van der Waals surface area contributed by atoms with E-state index >= 15 is 0 Å². The Hall–Kier alpha value is -3.80. The Morgan fingerprint density at radius 2 is 1.34 bits per heavy atom. The first-order valence-electron chi connectivity index (χ1n) is 10.6. The fourth-order valence-corrected chi connectivity index (χ4v) is 2.79. The van der Waals surface area contributed by atoms with Gasteiger partial charge in [-0.15, -0.1) is 0 Å². The summed E-state index contributed by atoms with van der Waals surface area (Å²) in [5, 5.41) is 0. The van der Waals surface area contributed by atoms with E-state index in [4.69, 9.17) is 18.9 Å². The van der Waals surface area contributed by atoms with Crippen molar-refractivity contribution in [1.29, 1.82) is 0 Å². The minimum absolute atomic E-state index is 0.0650. The topological polar surface area (TPSA) is 71.1 Å². The summed E-state index contributed by atoms with van der Waals surface area (Å²) in [6.07, 6.45) is 2.02. The van der Waals surface area contributed by atoms with Crippen molar-refractivity contribution in [3.8, 4) is 17.2 Å². The van der Waals surface area contributed by atoms with Gasteiger partial charge in [0.2, 0.25) is 0 Å². The molecule has 0 saturated carbocycles. The molecule has 0 aromatic heterocycles. The van der Waals surface area contributed by atoms with Crippen LogP contribution < -0.4 is 14.2 Å². The summed E-state index contributed by atoms with van der Waals surface area (Å²) in [5.74, 6) is 0.355. The van der Waals surface area contributed by atoms with Gasteiger partial charge in [-0.1, -0.05) is 43.7 Å². The van der Waals surface area contributed by atoms with Crippen molar-refractivity contribution in [2.75, 3.05) is 19.8 Å². The Balaban J connectivity index is 1.54. The Kier molecular flexibility index (Phi) is 8.69. The lowest BCUT2D eigenvalue weighted by molar-refractivity contribution is 0.0445. The van der Waals surface area contributed by atoms with Gasteiger partial charge in [0.15, 0.2) is 0 Å². The van der Waals surface area contributed by atoms with Crippen molar-refractivity contribution in [1.82, 2.24) is 0 Å². The van der Waals surface area contributed by atoms with Gasteiger partial charge >= 0.3 is 11.9 Å². The molecule has 0 heterocycles. The van der Waals surface area contributed by atoms with E-state index in [1.54, 1.807) is 48.5 Å². The molecule has 166 valence electrons.